The maximum Gasteiger partial charge on any atom is 0.255 e. The lowest BCUT2D eigenvalue weighted by atomic mass is 10.1. The van der Waals surface area contributed by atoms with E-state index in [1.54, 1.807) is 56.6 Å². The summed E-state index contributed by atoms with van der Waals surface area (Å²) in [5, 5.41) is 2.82. The Morgan fingerprint density at radius 1 is 1.08 bits per heavy atom. The van der Waals surface area contributed by atoms with Gasteiger partial charge in [-0.05, 0) is 64.8 Å². The number of hydrogen-bond acceptors (Lipinski definition) is 3. The largest absolute Gasteiger partial charge is 0.492 e. The Balaban J connectivity index is 2.06. The number of hydrogen-bond donors (Lipinski definition) is 1. The van der Waals surface area contributed by atoms with Crippen LogP contribution in [0.2, 0.25) is 0 Å². The van der Waals surface area contributed by atoms with Gasteiger partial charge in [0.2, 0.25) is 0 Å². The van der Waals surface area contributed by atoms with Gasteiger partial charge in [0.1, 0.15) is 5.75 Å². The number of nitrogens with one attached hydrogen (secondary N) is 1. The third-order valence-corrected chi connectivity index (χ3v) is 4.07. The number of carbonyl (C=O) groups excluding carboxylic acids is 2. The van der Waals surface area contributed by atoms with Crippen LogP contribution in [0.3, 0.4) is 0 Å². The molecule has 1 N–H and O–H groups in total. The van der Waals surface area contributed by atoms with Gasteiger partial charge in [-0.1, -0.05) is 6.92 Å². The van der Waals surface area contributed by atoms with Crippen molar-refractivity contribution in [2.75, 3.05) is 26.0 Å². The fourth-order valence-corrected chi connectivity index (χ4v) is 2.62. The van der Waals surface area contributed by atoms with E-state index in [-0.39, 0.29) is 11.8 Å². The summed E-state index contributed by atoms with van der Waals surface area (Å²) in [6.07, 6.45) is 0.918. The second-order valence-corrected chi connectivity index (χ2v) is 6.58. The lowest BCUT2D eigenvalue weighted by molar-refractivity contribution is 0.0827. The van der Waals surface area contributed by atoms with Gasteiger partial charge in [0, 0.05) is 30.9 Å². The van der Waals surface area contributed by atoms with Crippen molar-refractivity contribution in [3.63, 3.8) is 0 Å². The molecule has 0 fully saturated rings. The fourth-order valence-electron chi connectivity index (χ4n) is 2.13. The zero-order valence-corrected chi connectivity index (χ0v) is 16.1. The maximum atomic E-state index is 12.4. The van der Waals surface area contributed by atoms with Crippen molar-refractivity contribution in [2.24, 2.45) is 0 Å². The minimum atomic E-state index is -0.227. The average molecular weight is 405 g/mol. The van der Waals surface area contributed by atoms with E-state index in [0.29, 0.717) is 29.2 Å². The summed E-state index contributed by atoms with van der Waals surface area (Å²) in [6, 6.07) is 12.0. The molecule has 132 valence electrons. The van der Waals surface area contributed by atoms with Crippen LogP contribution in [0.25, 0.3) is 0 Å². The predicted molar refractivity (Wildman–Crippen MR) is 102 cm³/mol. The van der Waals surface area contributed by atoms with Gasteiger partial charge in [0.05, 0.1) is 11.1 Å². The topological polar surface area (TPSA) is 58.6 Å². The molecular weight excluding hydrogens is 384 g/mol. The van der Waals surface area contributed by atoms with Gasteiger partial charge in [-0.25, -0.2) is 0 Å². The molecule has 0 atom stereocenters. The van der Waals surface area contributed by atoms with Crippen molar-refractivity contribution in [3.05, 3.63) is 58.1 Å². The summed E-state index contributed by atoms with van der Waals surface area (Å²) in [5.74, 6) is 0.406. The van der Waals surface area contributed by atoms with E-state index in [4.69, 9.17) is 4.74 Å². The molecule has 0 heterocycles. The van der Waals surface area contributed by atoms with Crippen molar-refractivity contribution in [2.45, 2.75) is 13.3 Å². The first-order chi connectivity index (χ1) is 11.9. The van der Waals surface area contributed by atoms with Gasteiger partial charge in [0.15, 0.2) is 0 Å². The van der Waals surface area contributed by atoms with E-state index < -0.39 is 0 Å². The summed E-state index contributed by atoms with van der Waals surface area (Å²) >= 11 is 3.42. The van der Waals surface area contributed by atoms with Gasteiger partial charge < -0.3 is 15.0 Å². The molecule has 0 aliphatic carbocycles. The monoisotopic (exact) mass is 404 g/mol. The Kier molecular flexibility index (Phi) is 6.58. The van der Waals surface area contributed by atoms with Crippen LogP contribution in [0.4, 0.5) is 5.69 Å². The molecular formula is C19H21BrN2O3. The van der Waals surface area contributed by atoms with Crippen LogP contribution in [-0.4, -0.2) is 37.4 Å². The number of benzene rings is 2. The highest BCUT2D eigenvalue weighted by atomic mass is 79.9. The molecule has 0 saturated carbocycles. The highest BCUT2D eigenvalue weighted by Crippen LogP contribution is 2.26. The summed E-state index contributed by atoms with van der Waals surface area (Å²) < 4.78 is 6.32. The molecule has 0 radical (unpaired) electrons. The van der Waals surface area contributed by atoms with Crippen LogP contribution in [0.5, 0.6) is 5.75 Å². The second-order valence-electron chi connectivity index (χ2n) is 5.72. The summed E-state index contributed by atoms with van der Waals surface area (Å²) in [4.78, 5) is 25.7. The quantitative estimate of drug-likeness (QED) is 0.784. The third kappa shape index (κ3) is 5.06. The highest BCUT2D eigenvalue weighted by Gasteiger charge is 2.11. The molecule has 2 amide bonds. The van der Waals surface area contributed by atoms with Crippen molar-refractivity contribution in [1.82, 2.24) is 4.90 Å². The lowest BCUT2D eigenvalue weighted by Gasteiger charge is -2.11. The van der Waals surface area contributed by atoms with Gasteiger partial charge in [-0.3, -0.25) is 9.59 Å². The molecule has 0 aliphatic rings. The van der Waals surface area contributed by atoms with Gasteiger partial charge in [0.25, 0.3) is 11.8 Å². The molecule has 5 nitrogen and oxygen atoms in total. The first-order valence-electron chi connectivity index (χ1n) is 7.97. The normalized spacial score (nSPS) is 10.2. The smallest absolute Gasteiger partial charge is 0.255 e. The Labute approximate surface area is 156 Å². The number of halogens is 1. The minimum absolute atomic E-state index is 0.0792. The lowest BCUT2D eigenvalue weighted by Crippen LogP contribution is -2.21. The van der Waals surface area contributed by atoms with Crippen molar-refractivity contribution >= 4 is 33.4 Å². The standard InChI is InChI=1S/C19H21BrN2O3/c1-4-11-25-17-10-7-14(12-16(17)20)18(23)21-15-8-5-13(6-9-15)19(24)22(2)3/h5-10,12H,4,11H2,1-3H3,(H,21,23). The van der Waals surface area contributed by atoms with Crippen LogP contribution in [0.15, 0.2) is 46.9 Å². The summed E-state index contributed by atoms with van der Waals surface area (Å²) in [7, 11) is 3.40. The van der Waals surface area contributed by atoms with Gasteiger partial charge in [-0.15, -0.1) is 0 Å². The van der Waals surface area contributed by atoms with E-state index >= 15 is 0 Å². The number of carbonyl (C=O) groups is 2. The molecule has 2 rings (SSSR count). The average Bonchev–Trinajstić information content (AvgIpc) is 2.60. The Bertz CT molecular complexity index is 758. The molecule has 0 bridgehead atoms. The van der Waals surface area contributed by atoms with Crippen LogP contribution < -0.4 is 10.1 Å². The number of anilines is 1. The third-order valence-electron chi connectivity index (χ3n) is 3.45. The molecule has 0 aliphatic heterocycles. The van der Waals surface area contributed by atoms with E-state index in [2.05, 4.69) is 21.2 Å². The van der Waals surface area contributed by atoms with E-state index in [1.165, 1.54) is 4.90 Å². The van der Waals surface area contributed by atoms with Gasteiger partial charge in [-0.2, -0.15) is 0 Å². The number of ether oxygens (including phenoxy) is 1. The summed E-state index contributed by atoms with van der Waals surface area (Å²) in [6.45, 7) is 2.66. The Morgan fingerprint density at radius 3 is 2.28 bits per heavy atom. The Morgan fingerprint density at radius 2 is 1.72 bits per heavy atom. The molecule has 25 heavy (non-hydrogen) atoms. The number of rotatable bonds is 6. The predicted octanol–water partition coefficient (Wildman–Crippen LogP) is 4.19. The maximum absolute atomic E-state index is 12.4. The van der Waals surface area contributed by atoms with E-state index in [0.717, 1.165) is 10.9 Å². The molecule has 0 aromatic heterocycles. The Hall–Kier alpha value is -2.34. The first kappa shape index (κ1) is 19.0. The molecule has 2 aromatic carbocycles. The number of amides is 2. The minimum Gasteiger partial charge on any atom is -0.492 e. The van der Waals surface area contributed by atoms with E-state index in [9.17, 15) is 9.59 Å². The first-order valence-corrected chi connectivity index (χ1v) is 8.77. The van der Waals surface area contributed by atoms with Crippen molar-refractivity contribution in [3.8, 4) is 5.75 Å². The van der Waals surface area contributed by atoms with Gasteiger partial charge >= 0.3 is 0 Å². The highest BCUT2D eigenvalue weighted by molar-refractivity contribution is 9.10. The molecule has 0 spiro atoms. The van der Waals surface area contributed by atoms with Crippen LogP contribution in [0.1, 0.15) is 34.1 Å². The van der Waals surface area contributed by atoms with Crippen LogP contribution in [-0.2, 0) is 0 Å². The molecule has 0 unspecified atom stereocenters. The SMILES string of the molecule is CCCOc1ccc(C(=O)Nc2ccc(C(=O)N(C)C)cc2)cc1Br. The van der Waals surface area contributed by atoms with Crippen molar-refractivity contribution in [1.29, 1.82) is 0 Å². The van der Waals surface area contributed by atoms with Crippen molar-refractivity contribution < 1.29 is 14.3 Å². The fraction of sp³-hybridized carbons (Fsp3) is 0.263. The van der Waals surface area contributed by atoms with Crippen LogP contribution >= 0.6 is 15.9 Å². The number of nitrogens with zero attached hydrogens (tertiary/aromatic N) is 1. The zero-order chi connectivity index (χ0) is 18.4. The molecule has 6 heteroatoms. The molecule has 2 aromatic rings. The zero-order valence-electron chi connectivity index (χ0n) is 14.5. The summed E-state index contributed by atoms with van der Waals surface area (Å²) in [5.41, 5.74) is 1.72. The van der Waals surface area contributed by atoms with Crippen LogP contribution in [0, 0.1) is 0 Å². The van der Waals surface area contributed by atoms with E-state index in [1.807, 2.05) is 6.92 Å². The molecule has 0 saturated heterocycles. The second kappa shape index (κ2) is 8.67.